The maximum atomic E-state index is 8.90. The third-order valence-electron chi connectivity index (χ3n) is 3.22. The Hall–Kier alpha value is -0.500. The van der Waals surface area contributed by atoms with Crippen molar-refractivity contribution in [3.63, 3.8) is 0 Å². The van der Waals surface area contributed by atoms with Gasteiger partial charge in [0.05, 0.1) is 70.2 Å². The Labute approximate surface area is 147 Å². The smallest absolute Gasteiger partial charge is 0.0784 e. The van der Waals surface area contributed by atoms with Gasteiger partial charge in [-0.25, -0.2) is 0 Å². The Kier molecular flexibility index (Phi) is 14.5. The number of rotatable bonds is 16. The summed E-state index contributed by atoms with van der Waals surface area (Å²) >= 11 is 0. The summed E-state index contributed by atoms with van der Waals surface area (Å²) in [5, 5.41) is 8.90. The predicted molar refractivity (Wildman–Crippen MR) is 94.4 cm³/mol. The lowest BCUT2D eigenvalue weighted by atomic mass is 10.3. The molecule has 0 aliphatic heterocycles. The van der Waals surface area contributed by atoms with Gasteiger partial charge in [0, 0.05) is 0 Å². The second-order valence-corrected chi connectivity index (χ2v) is 6.19. The van der Waals surface area contributed by atoms with Crippen LogP contribution in [0.2, 0.25) is 0 Å². The lowest BCUT2D eigenvalue weighted by molar-refractivity contribution is -0.0964. The van der Waals surface area contributed by atoms with Gasteiger partial charge >= 0.3 is 0 Å². The number of ether oxygens (including phenoxy) is 5. The van der Waals surface area contributed by atoms with Crippen LogP contribution in [0.15, 0.2) is 12.7 Å². The van der Waals surface area contributed by atoms with Crippen molar-refractivity contribution in [2.24, 2.45) is 0 Å². The summed E-state index contributed by atoms with van der Waals surface area (Å²) in [7, 11) is 0. The van der Waals surface area contributed by atoms with Crippen LogP contribution in [0.25, 0.3) is 0 Å². The molecular weight excluding hydrogens is 312 g/mol. The van der Waals surface area contributed by atoms with Gasteiger partial charge in [0.1, 0.15) is 0 Å². The zero-order valence-electron chi connectivity index (χ0n) is 15.9. The molecule has 0 aromatic heterocycles. The largest absolute Gasteiger partial charge is 0.394 e. The molecule has 0 radical (unpaired) electrons. The van der Waals surface area contributed by atoms with Crippen LogP contribution in [0.3, 0.4) is 0 Å². The molecule has 0 heterocycles. The van der Waals surface area contributed by atoms with Crippen molar-refractivity contribution in [2.45, 2.75) is 65.1 Å². The molecule has 0 rings (SSSR count). The Bertz CT molecular complexity index is 299. The lowest BCUT2D eigenvalue weighted by Gasteiger charge is -2.21. The van der Waals surface area contributed by atoms with Crippen LogP contribution in [-0.2, 0) is 23.7 Å². The lowest BCUT2D eigenvalue weighted by Crippen LogP contribution is -2.29. The second kappa shape index (κ2) is 14.8. The van der Waals surface area contributed by atoms with E-state index in [9.17, 15) is 0 Å². The molecular formula is C18H36O6. The van der Waals surface area contributed by atoms with Crippen molar-refractivity contribution in [3.05, 3.63) is 12.7 Å². The minimum Gasteiger partial charge on any atom is -0.394 e. The molecule has 1 N–H and O–H groups in total. The minimum atomic E-state index is -0.166. The van der Waals surface area contributed by atoms with E-state index in [2.05, 4.69) is 6.58 Å². The van der Waals surface area contributed by atoms with E-state index < -0.39 is 0 Å². The molecule has 6 nitrogen and oxygen atoms in total. The maximum Gasteiger partial charge on any atom is 0.0784 e. The molecule has 0 spiro atoms. The van der Waals surface area contributed by atoms with Crippen molar-refractivity contribution in [3.8, 4) is 0 Å². The third kappa shape index (κ3) is 13.9. The van der Waals surface area contributed by atoms with Crippen molar-refractivity contribution in [1.29, 1.82) is 0 Å². The van der Waals surface area contributed by atoms with E-state index in [0.29, 0.717) is 33.0 Å². The molecule has 0 aliphatic carbocycles. The predicted octanol–water partition coefficient (Wildman–Crippen LogP) is 2.19. The van der Waals surface area contributed by atoms with Gasteiger partial charge in [0.2, 0.25) is 0 Å². The maximum absolute atomic E-state index is 8.90. The minimum absolute atomic E-state index is 0.00612. The molecule has 24 heavy (non-hydrogen) atoms. The summed E-state index contributed by atoms with van der Waals surface area (Å²) in [6.45, 7) is 15.8. The van der Waals surface area contributed by atoms with Crippen LogP contribution in [0.5, 0.6) is 0 Å². The van der Waals surface area contributed by atoms with Crippen LogP contribution in [-0.4, -0.2) is 75.3 Å². The van der Waals surface area contributed by atoms with E-state index in [1.54, 1.807) is 6.08 Å². The van der Waals surface area contributed by atoms with Gasteiger partial charge < -0.3 is 28.8 Å². The highest BCUT2D eigenvalue weighted by Crippen LogP contribution is 2.03. The average Bonchev–Trinajstić information content (AvgIpc) is 2.58. The molecule has 0 aromatic carbocycles. The molecule has 5 atom stereocenters. The van der Waals surface area contributed by atoms with E-state index in [1.807, 2.05) is 34.6 Å². The van der Waals surface area contributed by atoms with Crippen LogP contribution in [0.1, 0.15) is 34.6 Å². The van der Waals surface area contributed by atoms with E-state index in [-0.39, 0.29) is 37.1 Å². The van der Waals surface area contributed by atoms with E-state index in [0.717, 1.165) is 0 Å². The van der Waals surface area contributed by atoms with Gasteiger partial charge in [-0.3, -0.25) is 0 Å². The SMILES string of the molecule is C=CCOC(C)COC(C)COC(C)COC(C)COC(C)CO. The van der Waals surface area contributed by atoms with Gasteiger partial charge in [-0.1, -0.05) is 6.08 Å². The zero-order chi connectivity index (χ0) is 18.4. The normalized spacial score (nSPS) is 17.9. The quantitative estimate of drug-likeness (QED) is 0.431. The average molecular weight is 348 g/mol. The molecule has 0 fully saturated rings. The fourth-order valence-corrected chi connectivity index (χ4v) is 1.68. The highest BCUT2D eigenvalue weighted by Gasteiger charge is 2.12. The fourth-order valence-electron chi connectivity index (χ4n) is 1.68. The Morgan fingerprint density at radius 3 is 1.33 bits per heavy atom. The monoisotopic (exact) mass is 348 g/mol. The number of hydrogen-bond donors (Lipinski definition) is 1. The first-order valence-electron chi connectivity index (χ1n) is 8.68. The molecule has 0 saturated carbocycles. The molecule has 6 heteroatoms. The number of aliphatic hydroxyl groups excluding tert-OH is 1. The molecule has 144 valence electrons. The van der Waals surface area contributed by atoms with E-state index in [4.69, 9.17) is 28.8 Å². The Morgan fingerprint density at radius 2 is 1.00 bits per heavy atom. The van der Waals surface area contributed by atoms with E-state index in [1.165, 1.54) is 0 Å². The third-order valence-corrected chi connectivity index (χ3v) is 3.22. The first-order valence-corrected chi connectivity index (χ1v) is 8.68. The fraction of sp³-hybridized carbons (Fsp3) is 0.889. The molecule has 0 bridgehead atoms. The van der Waals surface area contributed by atoms with Crippen molar-refractivity contribution in [1.82, 2.24) is 0 Å². The van der Waals surface area contributed by atoms with Crippen LogP contribution < -0.4 is 0 Å². The second-order valence-electron chi connectivity index (χ2n) is 6.19. The molecule has 0 aromatic rings. The van der Waals surface area contributed by atoms with Gasteiger partial charge in [0.15, 0.2) is 0 Å². The number of aliphatic hydroxyl groups is 1. The van der Waals surface area contributed by atoms with E-state index >= 15 is 0 Å². The number of hydrogen-bond acceptors (Lipinski definition) is 6. The van der Waals surface area contributed by atoms with Gasteiger partial charge in [0.25, 0.3) is 0 Å². The highest BCUT2D eigenvalue weighted by atomic mass is 16.6. The summed E-state index contributed by atoms with van der Waals surface area (Å²) < 4.78 is 27.9. The first kappa shape index (κ1) is 23.5. The summed E-state index contributed by atoms with van der Waals surface area (Å²) in [5.41, 5.74) is 0. The van der Waals surface area contributed by atoms with Crippen molar-refractivity contribution in [2.75, 3.05) is 39.6 Å². The van der Waals surface area contributed by atoms with Crippen LogP contribution in [0, 0.1) is 0 Å². The van der Waals surface area contributed by atoms with Crippen molar-refractivity contribution >= 4 is 0 Å². The van der Waals surface area contributed by atoms with Crippen molar-refractivity contribution < 1.29 is 28.8 Å². The standard InChI is InChI=1S/C18H36O6/c1-7-8-20-15(3)10-22-17(5)12-24-18(6)13-23-16(4)11-21-14(2)9-19/h7,14-19H,1,8-13H2,2-6H3. The van der Waals surface area contributed by atoms with Gasteiger partial charge in [-0.05, 0) is 34.6 Å². The summed E-state index contributed by atoms with van der Waals surface area (Å²) in [6, 6.07) is 0. The topological polar surface area (TPSA) is 66.4 Å². The molecule has 0 amide bonds. The summed E-state index contributed by atoms with van der Waals surface area (Å²) in [5.74, 6) is 0. The summed E-state index contributed by atoms with van der Waals surface area (Å²) in [4.78, 5) is 0. The Morgan fingerprint density at radius 1 is 0.667 bits per heavy atom. The molecule has 0 saturated heterocycles. The Balaban J connectivity index is 3.69. The summed E-state index contributed by atoms with van der Waals surface area (Å²) in [6.07, 6.45) is 1.52. The van der Waals surface area contributed by atoms with Gasteiger partial charge in [-0.15, -0.1) is 6.58 Å². The zero-order valence-corrected chi connectivity index (χ0v) is 15.9. The molecule has 0 aliphatic rings. The first-order chi connectivity index (χ1) is 11.4. The molecule has 5 unspecified atom stereocenters. The van der Waals surface area contributed by atoms with Crippen LogP contribution >= 0.6 is 0 Å². The van der Waals surface area contributed by atoms with Crippen LogP contribution in [0.4, 0.5) is 0 Å². The van der Waals surface area contributed by atoms with Gasteiger partial charge in [-0.2, -0.15) is 0 Å². The highest BCUT2D eigenvalue weighted by molar-refractivity contribution is 4.65.